The SMILES string of the molecule is CC(C)(C)C(=O)Nc1cncc(-c2ccc3[nH]nc(-c4nc5ccncc5[nH]4)c3c2)c1. The fourth-order valence-electron chi connectivity index (χ4n) is 3.33. The number of nitrogens with zero attached hydrogens (tertiary/aromatic N) is 4. The Kier molecular flexibility index (Phi) is 4.28. The summed E-state index contributed by atoms with van der Waals surface area (Å²) in [5.74, 6) is 0.620. The number of carbonyl (C=O) groups excluding carboxylic acids is 1. The molecule has 4 aromatic heterocycles. The second-order valence-corrected chi connectivity index (χ2v) is 8.48. The van der Waals surface area contributed by atoms with Crippen molar-refractivity contribution in [3.8, 4) is 22.6 Å². The van der Waals surface area contributed by atoms with Gasteiger partial charge >= 0.3 is 0 Å². The summed E-state index contributed by atoms with van der Waals surface area (Å²) in [5, 5.41) is 11.4. The van der Waals surface area contributed by atoms with Gasteiger partial charge in [0, 0.05) is 28.8 Å². The van der Waals surface area contributed by atoms with Crippen molar-refractivity contribution in [1.29, 1.82) is 0 Å². The molecule has 0 aliphatic rings. The van der Waals surface area contributed by atoms with Crippen LogP contribution >= 0.6 is 0 Å². The minimum atomic E-state index is -0.483. The average molecular weight is 411 g/mol. The van der Waals surface area contributed by atoms with Crippen LogP contribution in [0.25, 0.3) is 44.6 Å². The van der Waals surface area contributed by atoms with Gasteiger partial charge in [0.25, 0.3) is 0 Å². The minimum Gasteiger partial charge on any atom is -0.335 e. The van der Waals surface area contributed by atoms with E-state index in [1.807, 2.05) is 51.1 Å². The molecule has 1 aromatic carbocycles. The Morgan fingerprint density at radius 2 is 1.84 bits per heavy atom. The van der Waals surface area contributed by atoms with Crippen molar-refractivity contribution < 1.29 is 4.79 Å². The van der Waals surface area contributed by atoms with E-state index in [0.29, 0.717) is 11.5 Å². The quantitative estimate of drug-likeness (QED) is 0.403. The van der Waals surface area contributed by atoms with E-state index in [4.69, 9.17) is 0 Å². The highest BCUT2D eigenvalue weighted by atomic mass is 16.2. The molecule has 8 heteroatoms. The molecule has 0 bridgehead atoms. The normalized spacial score (nSPS) is 11.8. The lowest BCUT2D eigenvalue weighted by molar-refractivity contribution is -0.123. The lowest BCUT2D eigenvalue weighted by atomic mass is 9.95. The van der Waals surface area contributed by atoms with Gasteiger partial charge in [-0.15, -0.1) is 0 Å². The Balaban J connectivity index is 1.54. The van der Waals surface area contributed by atoms with Gasteiger partial charge in [-0.25, -0.2) is 4.98 Å². The second-order valence-electron chi connectivity index (χ2n) is 8.48. The molecule has 4 heterocycles. The summed E-state index contributed by atoms with van der Waals surface area (Å²) in [6, 6.07) is 9.81. The predicted octanol–water partition coefficient (Wildman–Crippen LogP) is 4.55. The number of carbonyl (C=O) groups is 1. The molecule has 0 atom stereocenters. The van der Waals surface area contributed by atoms with Crippen molar-refractivity contribution in [3.63, 3.8) is 0 Å². The molecule has 0 saturated heterocycles. The van der Waals surface area contributed by atoms with Gasteiger partial charge in [0.2, 0.25) is 5.91 Å². The van der Waals surface area contributed by atoms with Gasteiger partial charge < -0.3 is 10.3 Å². The summed E-state index contributed by atoms with van der Waals surface area (Å²) in [5.41, 5.74) is 5.38. The predicted molar refractivity (Wildman–Crippen MR) is 120 cm³/mol. The molecule has 8 nitrogen and oxygen atoms in total. The van der Waals surface area contributed by atoms with E-state index < -0.39 is 5.41 Å². The summed E-state index contributed by atoms with van der Waals surface area (Å²) in [6.45, 7) is 5.63. The van der Waals surface area contributed by atoms with Crippen LogP contribution in [-0.4, -0.2) is 36.0 Å². The molecular formula is C23H21N7O. The molecule has 0 unspecified atom stereocenters. The van der Waals surface area contributed by atoms with Crippen molar-refractivity contribution in [2.75, 3.05) is 5.32 Å². The van der Waals surface area contributed by atoms with Gasteiger partial charge in [0.1, 0.15) is 5.69 Å². The summed E-state index contributed by atoms with van der Waals surface area (Å²) in [6.07, 6.45) is 6.89. The number of benzene rings is 1. The fourth-order valence-corrected chi connectivity index (χ4v) is 3.33. The maximum absolute atomic E-state index is 12.3. The standard InChI is InChI=1S/C23H21N7O/c1-23(2,3)22(31)26-15-8-14(10-25-11-15)13-4-5-17-16(9-13)20(30-29-17)21-27-18-6-7-24-12-19(18)28-21/h4-12H,1-3H3,(H,26,31)(H,27,28)(H,29,30). The molecule has 0 fully saturated rings. The third-order valence-electron chi connectivity index (χ3n) is 5.08. The van der Waals surface area contributed by atoms with Gasteiger partial charge in [-0.2, -0.15) is 5.10 Å². The minimum absolute atomic E-state index is 0.0570. The monoisotopic (exact) mass is 411 g/mol. The molecule has 31 heavy (non-hydrogen) atoms. The van der Waals surface area contributed by atoms with Crippen molar-refractivity contribution in [3.05, 3.63) is 55.1 Å². The molecule has 154 valence electrons. The number of H-pyrrole nitrogens is 2. The zero-order valence-electron chi connectivity index (χ0n) is 17.4. The number of fused-ring (bicyclic) bond motifs is 2. The van der Waals surface area contributed by atoms with Crippen molar-refractivity contribution in [2.24, 2.45) is 5.41 Å². The summed E-state index contributed by atoms with van der Waals surface area (Å²) in [7, 11) is 0. The number of hydrogen-bond donors (Lipinski definition) is 3. The summed E-state index contributed by atoms with van der Waals surface area (Å²) >= 11 is 0. The van der Waals surface area contributed by atoms with Gasteiger partial charge in [0.15, 0.2) is 5.82 Å². The number of rotatable bonds is 3. The van der Waals surface area contributed by atoms with E-state index in [-0.39, 0.29) is 5.91 Å². The first-order valence-corrected chi connectivity index (χ1v) is 9.93. The second kappa shape index (κ2) is 7.02. The Morgan fingerprint density at radius 3 is 2.65 bits per heavy atom. The zero-order valence-corrected chi connectivity index (χ0v) is 17.4. The first-order valence-electron chi connectivity index (χ1n) is 9.93. The number of aromatic amines is 2. The van der Waals surface area contributed by atoms with Crippen LogP contribution in [-0.2, 0) is 4.79 Å². The smallest absolute Gasteiger partial charge is 0.229 e. The number of pyridine rings is 2. The van der Waals surface area contributed by atoms with Crippen molar-refractivity contribution >= 4 is 33.5 Å². The van der Waals surface area contributed by atoms with Crippen LogP contribution in [0.2, 0.25) is 0 Å². The first kappa shape index (κ1) is 18.9. The van der Waals surface area contributed by atoms with Crippen LogP contribution in [0.4, 0.5) is 5.69 Å². The number of hydrogen-bond acceptors (Lipinski definition) is 5. The van der Waals surface area contributed by atoms with E-state index in [9.17, 15) is 4.79 Å². The topological polar surface area (TPSA) is 112 Å². The van der Waals surface area contributed by atoms with Gasteiger partial charge in [-0.3, -0.25) is 19.9 Å². The maximum atomic E-state index is 12.3. The molecule has 0 spiro atoms. The van der Waals surface area contributed by atoms with E-state index in [1.54, 1.807) is 24.8 Å². The molecule has 0 aliphatic heterocycles. The van der Waals surface area contributed by atoms with Crippen LogP contribution in [0.5, 0.6) is 0 Å². The van der Waals surface area contributed by atoms with Crippen LogP contribution in [0, 0.1) is 5.41 Å². The lowest BCUT2D eigenvalue weighted by Crippen LogP contribution is -2.27. The fraction of sp³-hybridized carbons (Fsp3) is 0.174. The van der Waals surface area contributed by atoms with Crippen LogP contribution in [0.1, 0.15) is 20.8 Å². The Hall–Kier alpha value is -4.07. The molecular weight excluding hydrogens is 390 g/mol. The highest BCUT2D eigenvalue weighted by Crippen LogP contribution is 2.31. The van der Waals surface area contributed by atoms with E-state index in [0.717, 1.165) is 38.8 Å². The Labute approximate surface area is 178 Å². The highest BCUT2D eigenvalue weighted by Gasteiger charge is 2.21. The molecule has 5 rings (SSSR count). The average Bonchev–Trinajstić information content (AvgIpc) is 3.36. The number of aromatic nitrogens is 6. The Morgan fingerprint density at radius 1 is 0.968 bits per heavy atom. The molecule has 5 aromatic rings. The zero-order chi connectivity index (χ0) is 21.6. The molecule has 1 amide bonds. The largest absolute Gasteiger partial charge is 0.335 e. The number of anilines is 1. The molecule has 0 aliphatic carbocycles. The van der Waals surface area contributed by atoms with Crippen LogP contribution in [0.15, 0.2) is 55.1 Å². The first-order chi connectivity index (χ1) is 14.9. The summed E-state index contributed by atoms with van der Waals surface area (Å²) in [4.78, 5) is 28.7. The maximum Gasteiger partial charge on any atom is 0.229 e. The third kappa shape index (κ3) is 3.52. The van der Waals surface area contributed by atoms with Crippen molar-refractivity contribution in [1.82, 2.24) is 30.1 Å². The number of nitrogens with one attached hydrogen (secondary N) is 3. The number of imidazole rings is 1. The molecule has 3 N–H and O–H groups in total. The van der Waals surface area contributed by atoms with Crippen LogP contribution in [0.3, 0.4) is 0 Å². The van der Waals surface area contributed by atoms with Gasteiger partial charge in [0.05, 0.1) is 34.6 Å². The van der Waals surface area contributed by atoms with Crippen LogP contribution < -0.4 is 5.32 Å². The highest BCUT2D eigenvalue weighted by molar-refractivity contribution is 5.97. The van der Waals surface area contributed by atoms with E-state index in [2.05, 4.69) is 35.5 Å². The van der Waals surface area contributed by atoms with Gasteiger partial charge in [-0.05, 0) is 29.8 Å². The van der Waals surface area contributed by atoms with Crippen molar-refractivity contribution in [2.45, 2.75) is 20.8 Å². The summed E-state index contributed by atoms with van der Waals surface area (Å²) < 4.78 is 0. The number of amides is 1. The molecule has 0 radical (unpaired) electrons. The third-order valence-corrected chi connectivity index (χ3v) is 5.08. The van der Waals surface area contributed by atoms with Gasteiger partial charge in [-0.1, -0.05) is 26.8 Å². The van der Waals surface area contributed by atoms with E-state index in [1.165, 1.54) is 0 Å². The lowest BCUT2D eigenvalue weighted by Gasteiger charge is -2.17. The molecule has 0 saturated carbocycles. The van der Waals surface area contributed by atoms with E-state index >= 15 is 0 Å². The Bertz CT molecular complexity index is 1390.